The Hall–Kier alpha value is -0.810. The number of nitrogens with two attached hydrogens (primary N) is 1. The first kappa shape index (κ1) is 12.6. The molecule has 1 aliphatic rings. The van der Waals surface area contributed by atoms with Crippen LogP contribution in [0.1, 0.15) is 37.2 Å². The molecule has 1 aromatic heterocycles. The molecule has 1 fully saturated rings. The van der Waals surface area contributed by atoms with Crippen molar-refractivity contribution in [3.05, 3.63) is 17.6 Å². The highest BCUT2D eigenvalue weighted by Crippen LogP contribution is 2.28. The molecule has 0 bridgehead atoms. The van der Waals surface area contributed by atoms with E-state index in [9.17, 15) is 0 Å². The van der Waals surface area contributed by atoms with Gasteiger partial charge in [0.2, 0.25) is 0 Å². The first-order valence-corrected chi connectivity index (χ1v) is 7.32. The molecular formula is C12H20N4S. The molecule has 0 amide bonds. The van der Waals surface area contributed by atoms with Crippen LogP contribution >= 0.6 is 11.8 Å². The second-order valence-corrected chi connectivity index (χ2v) is 5.65. The maximum Gasteiger partial charge on any atom is 0.143 e. The minimum Gasteiger partial charge on any atom is -0.308 e. The van der Waals surface area contributed by atoms with E-state index in [4.69, 9.17) is 5.84 Å². The van der Waals surface area contributed by atoms with Gasteiger partial charge in [-0.3, -0.25) is 0 Å². The van der Waals surface area contributed by atoms with Gasteiger partial charge in [-0.25, -0.2) is 15.8 Å². The third kappa shape index (κ3) is 3.85. The number of aryl methyl sites for hydroxylation is 1. The SMILES string of the molecule is Cc1cc(NN)nc(CSCC2CCCC2)n1. The van der Waals surface area contributed by atoms with Crippen LogP contribution in [-0.4, -0.2) is 15.7 Å². The first-order valence-electron chi connectivity index (χ1n) is 6.17. The van der Waals surface area contributed by atoms with Gasteiger partial charge in [0.1, 0.15) is 11.6 Å². The zero-order valence-corrected chi connectivity index (χ0v) is 11.1. The number of thioether (sulfide) groups is 1. The molecule has 3 N–H and O–H groups in total. The monoisotopic (exact) mass is 252 g/mol. The van der Waals surface area contributed by atoms with Crippen molar-refractivity contribution in [2.75, 3.05) is 11.2 Å². The van der Waals surface area contributed by atoms with Crippen LogP contribution in [0.15, 0.2) is 6.07 Å². The van der Waals surface area contributed by atoms with Crippen LogP contribution in [0.5, 0.6) is 0 Å². The summed E-state index contributed by atoms with van der Waals surface area (Å²) in [6.07, 6.45) is 5.62. The summed E-state index contributed by atoms with van der Waals surface area (Å²) in [5.74, 6) is 9.98. The molecule has 4 nitrogen and oxygen atoms in total. The van der Waals surface area contributed by atoms with Gasteiger partial charge in [0, 0.05) is 11.8 Å². The van der Waals surface area contributed by atoms with Crippen LogP contribution in [0.2, 0.25) is 0 Å². The van der Waals surface area contributed by atoms with Gasteiger partial charge in [-0.05, 0) is 31.4 Å². The molecule has 0 atom stereocenters. The summed E-state index contributed by atoms with van der Waals surface area (Å²) in [5.41, 5.74) is 3.54. The van der Waals surface area contributed by atoms with Crippen molar-refractivity contribution in [2.45, 2.75) is 38.4 Å². The molecule has 1 saturated carbocycles. The zero-order valence-electron chi connectivity index (χ0n) is 10.3. The fraction of sp³-hybridized carbons (Fsp3) is 0.667. The number of nitrogens with one attached hydrogen (secondary N) is 1. The predicted molar refractivity (Wildman–Crippen MR) is 72.7 cm³/mol. The molecule has 0 aromatic carbocycles. The van der Waals surface area contributed by atoms with E-state index < -0.39 is 0 Å². The molecule has 5 heteroatoms. The second-order valence-electron chi connectivity index (χ2n) is 4.62. The number of hydrogen-bond acceptors (Lipinski definition) is 5. The largest absolute Gasteiger partial charge is 0.308 e. The fourth-order valence-corrected chi connectivity index (χ4v) is 3.36. The molecule has 1 aliphatic carbocycles. The van der Waals surface area contributed by atoms with Crippen molar-refractivity contribution in [2.24, 2.45) is 11.8 Å². The highest BCUT2D eigenvalue weighted by molar-refractivity contribution is 7.98. The lowest BCUT2D eigenvalue weighted by Crippen LogP contribution is -2.11. The number of nitrogens with zero attached hydrogens (tertiary/aromatic N) is 2. The Labute approximate surface area is 107 Å². The highest BCUT2D eigenvalue weighted by Gasteiger charge is 2.14. The van der Waals surface area contributed by atoms with Gasteiger partial charge >= 0.3 is 0 Å². The van der Waals surface area contributed by atoms with Gasteiger partial charge in [0.15, 0.2) is 0 Å². The van der Waals surface area contributed by atoms with E-state index in [1.54, 1.807) is 0 Å². The van der Waals surface area contributed by atoms with E-state index in [0.29, 0.717) is 5.82 Å². The first-order chi connectivity index (χ1) is 8.28. The van der Waals surface area contributed by atoms with Crippen LogP contribution in [0.25, 0.3) is 0 Å². The third-order valence-electron chi connectivity index (χ3n) is 3.11. The van der Waals surface area contributed by atoms with Gasteiger partial charge in [-0.15, -0.1) is 0 Å². The van der Waals surface area contributed by atoms with Crippen molar-refractivity contribution in [1.29, 1.82) is 0 Å². The van der Waals surface area contributed by atoms with Gasteiger partial charge in [0.05, 0.1) is 5.75 Å². The normalized spacial score (nSPS) is 16.4. The second kappa shape index (κ2) is 6.21. The maximum atomic E-state index is 5.37. The van der Waals surface area contributed by atoms with Gasteiger partial charge in [-0.2, -0.15) is 11.8 Å². The topological polar surface area (TPSA) is 63.8 Å². The number of anilines is 1. The Kier molecular flexibility index (Phi) is 4.62. The number of hydrazine groups is 1. The van der Waals surface area contributed by atoms with Crippen molar-refractivity contribution in [3.63, 3.8) is 0 Å². The molecular weight excluding hydrogens is 232 g/mol. The summed E-state index contributed by atoms with van der Waals surface area (Å²) < 4.78 is 0. The minimum atomic E-state index is 0.703. The summed E-state index contributed by atoms with van der Waals surface area (Å²) in [5, 5.41) is 0. The lowest BCUT2D eigenvalue weighted by atomic mass is 10.1. The number of nitrogen functional groups attached to an aromatic ring is 1. The van der Waals surface area contributed by atoms with Crippen LogP contribution in [-0.2, 0) is 5.75 Å². The van der Waals surface area contributed by atoms with E-state index in [1.165, 1.54) is 31.4 Å². The molecule has 17 heavy (non-hydrogen) atoms. The zero-order chi connectivity index (χ0) is 12.1. The van der Waals surface area contributed by atoms with Crippen LogP contribution < -0.4 is 11.3 Å². The molecule has 94 valence electrons. The summed E-state index contributed by atoms with van der Waals surface area (Å²) in [4.78, 5) is 8.77. The third-order valence-corrected chi connectivity index (χ3v) is 4.28. The van der Waals surface area contributed by atoms with Gasteiger partial charge in [-0.1, -0.05) is 12.8 Å². The molecule has 0 aliphatic heterocycles. The summed E-state index contributed by atoms with van der Waals surface area (Å²) in [6.45, 7) is 1.97. The average Bonchev–Trinajstić information content (AvgIpc) is 2.81. The Morgan fingerprint density at radius 2 is 2.18 bits per heavy atom. The quantitative estimate of drug-likeness (QED) is 0.622. The number of hydrogen-bond donors (Lipinski definition) is 2. The Bertz CT molecular complexity index is 364. The van der Waals surface area contributed by atoms with Crippen LogP contribution in [0.4, 0.5) is 5.82 Å². The molecule has 1 heterocycles. The smallest absolute Gasteiger partial charge is 0.143 e. The Balaban J connectivity index is 1.83. The maximum absolute atomic E-state index is 5.37. The van der Waals surface area contributed by atoms with Crippen molar-refractivity contribution < 1.29 is 0 Å². The van der Waals surface area contributed by atoms with Gasteiger partial charge in [0.25, 0.3) is 0 Å². The standard InChI is InChI=1S/C12H20N4S/c1-9-6-11(16-13)15-12(14-9)8-17-7-10-4-2-3-5-10/h6,10H,2-5,7-8,13H2,1H3,(H,14,15,16). The highest BCUT2D eigenvalue weighted by atomic mass is 32.2. The fourth-order valence-electron chi connectivity index (χ4n) is 2.26. The van der Waals surface area contributed by atoms with E-state index in [1.807, 2.05) is 24.8 Å². The Morgan fingerprint density at radius 3 is 2.88 bits per heavy atom. The van der Waals surface area contributed by atoms with Crippen molar-refractivity contribution in [3.8, 4) is 0 Å². The Morgan fingerprint density at radius 1 is 1.41 bits per heavy atom. The summed E-state index contributed by atoms with van der Waals surface area (Å²) in [6, 6.07) is 1.85. The average molecular weight is 252 g/mol. The lowest BCUT2D eigenvalue weighted by molar-refractivity contribution is 0.623. The van der Waals surface area contributed by atoms with E-state index in [0.717, 1.165) is 23.2 Å². The van der Waals surface area contributed by atoms with Gasteiger partial charge < -0.3 is 5.43 Å². The molecule has 0 radical (unpaired) electrons. The molecule has 2 rings (SSSR count). The van der Waals surface area contributed by atoms with Crippen molar-refractivity contribution >= 4 is 17.6 Å². The molecule has 0 unspecified atom stereocenters. The van der Waals surface area contributed by atoms with E-state index >= 15 is 0 Å². The number of rotatable bonds is 5. The van der Waals surface area contributed by atoms with Crippen LogP contribution in [0.3, 0.4) is 0 Å². The molecule has 1 aromatic rings. The summed E-state index contributed by atoms with van der Waals surface area (Å²) in [7, 11) is 0. The van der Waals surface area contributed by atoms with E-state index in [-0.39, 0.29) is 0 Å². The predicted octanol–water partition coefficient (Wildman–Crippen LogP) is 2.49. The van der Waals surface area contributed by atoms with E-state index in [2.05, 4.69) is 15.4 Å². The summed E-state index contributed by atoms with van der Waals surface area (Å²) >= 11 is 1.94. The lowest BCUT2D eigenvalue weighted by Gasteiger charge is -2.08. The number of aromatic nitrogens is 2. The van der Waals surface area contributed by atoms with Crippen LogP contribution in [0, 0.1) is 12.8 Å². The molecule has 0 saturated heterocycles. The minimum absolute atomic E-state index is 0.703. The molecule has 0 spiro atoms. The van der Waals surface area contributed by atoms with Crippen molar-refractivity contribution in [1.82, 2.24) is 9.97 Å².